The van der Waals surface area contributed by atoms with Crippen molar-refractivity contribution in [2.45, 2.75) is 209 Å². The predicted molar refractivity (Wildman–Crippen MR) is 442 cm³/mol. The van der Waals surface area contributed by atoms with Crippen LogP contribution in [0.2, 0.25) is 0 Å². The van der Waals surface area contributed by atoms with Gasteiger partial charge in [0.2, 0.25) is 0 Å². The SMILES string of the molecule is CC(C)(C)c1cc(-c2c3c(c(-c4cc(C(C)(C)C)cc(C(C)(C)C)c4)c4ccccc24)=c2ccc4c5c(ccc=3c25)=c2c(-c3cc(C(C)(C)C)cc(C(C)(C)C)c3)c3c(-c5ccccc5)c5ccccc5c(-c5ccccc5)c3c(-c3cc(C(C)(C)C)cc(C(C)(C)C)c3)c2=4)cc(C(C)(C)C)c1. The van der Waals surface area contributed by atoms with E-state index in [1.165, 1.54) is 196 Å². The van der Waals surface area contributed by atoms with E-state index >= 15 is 0 Å². The Morgan fingerprint density at radius 2 is 0.343 bits per heavy atom. The molecule has 13 aromatic carbocycles. The van der Waals surface area contributed by atoms with E-state index in [1.807, 2.05) is 0 Å². The summed E-state index contributed by atoms with van der Waals surface area (Å²) in [6.45, 7) is 57.5. The monoisotopic (exact) mass is 1330 g/mol. The van der Waals surface area contributed by atoms with Gasteiger partial charge in [0.05, 0.1) is 0 Å². The first-order valence-corrected chi connectivity index (χ1v) is 37.7. The summed E-state index contributed by atoms with van der Waals surface area (Å²) in [5.74, 6) is 0. The summed E-state index contributed by atoms with van der Waals surface area (Å²) in [5.41, 5.74) is 24.9. The second-order valence-electron chi connectivity index (χ2n) is 38.6. The van der Waals surface area contributed by atoms with Gasteiger partial charge in [-0.25, -0.2) is 0 Å². The van der Waals surface area contributed by atoms with Gasteiger partial charge in [-0.05, 0) is 239 Å². The zero-order valence-corrected chi connectivity index (χ0v) is 65.6. The molecule has 0 aliphatic heterocycles. The first-order chi connectivity index (χ1) is 47.7. The minimum absolute atomic E-state index is 0.103. The zero-order chi connectivity index (χ0) is 72.8. The van der Waals surface area contributed by atoms with Crippen molar-refractivity contribution in [2.24, 2.45) is 0 Å². The Kier molecular flexibility index (Phi) is 15.6. The molecule has 0 N–H and O–H groups in total. The summed E-state index contributed by atoms with van der Waals surface area (Å²) in [6.07, 6.45) is 0. The normalized spacial score (nSPS) is 13.5. The number of benzene rings is 13. The molecular weight excluding hydrogens is 1230 g/mol. The molecule has 0 bridgehead atoms. The summed E-state index contributed by atoms with van der Waals surface area (Å²) in [5, 5.41) is 20.8. The molecule has 2 aliphatic carbocycles. The Balaban J connectivity index is 1.33. The molecule has 0 unspecified atom stereocenters. The molecule has 0 spiro atoms. The summed E-state index contributed by atoms with van der Waals surface area (Å²) < 4.78 is 0. The molecule has 2 aliphatic rings. The number of rotatable bonds is 6. The van der Waals surface area contributed by atoms with Crippen molar-refractivity contribution in [3.8, 4) is 66.8 Å². The van der Waals surface area contributed by atoms with Crippen LogP contribution >= 0.6 is 0 Å². The Labute approximate surface area is 608 Å². The summed E-state index contributed by atoms with van der Waals surface area (Å²) in [4.78, 5) is 0. The topological polar surface area (TPSA) is 0 Å². The third-order valence-electron chi connectivity index (χ3n) is 22.9. The van der Waals surface area contributed by atoms with E-state index in [0.717, 1.165) is 0 Å². The van der Waals surface area contributed by atoms with Crippen molar-refractivity contribution in [3.05, 3.63) is 293 Å². The van der Waals surface area contributed by atoms with Crippen LogP contribution in [-0.4, -0.2) is 0 Å². The summed E-state index contributed by atoms with van der Waals surface area (Å²) in [6, 6.07) is 82.7. The van der Waals surface area contributed by atoms with Crippen LogP contribution in [-0.2, 0) is 43.3 Å². The Hall–Kier alpha value is -9.10. The van der Waals surface area contributed by atoms with Gasteiger partial charge in [-0.15, -0.1) is 0 Å². The highest BCUT2D eigenvalue weighted by Crippen LogP contribution is 2.55. The Bertz CT molecular complexity index is 5630. The second-order valence-corrected chi connectivity index (χ2v) is 38.6. The average Bonchev–Trinajstić information content (AvgIpc) is 1.43. The van der Waals surface area contributed by atoms with Crippen LogP contribution in [0.25, 0.3) is 110 Å². The quantitative estimate of drug-likeness (QED) is 0.146. The van der Waals surface area contributed by atoms with Gasteiger partial charge in [-0.3, -0.25) is 0 Å². The minimum atomic E-state index is -0.161. The van der Waals surface area contributed by atoms with E-state index in [9.17, 15) is 0 Å². The summed E-state index contributed by atoms with van der Waals surface area (Å²) >= 11 is 0. The lowest BCUT2D eigenvalue weighted by Gasteiger charge is -2.29. The summed E-state index contributed by atoms with van der Waals surface area (Å²) in [7, 11) is 0. The molecular formula is C102H106. The molecule has 0 saturated heterocycles. The maximum absolute atomic E-state index is 2.60. The second kappa shape index (κ2) is 23.2. The molecule has 0 nitrogen and oxygen atoms in total. The van der Waals surface area contributed by atoms with Crippen molar-refractivity contribution in [1.82, 2.24) is 0 Å². The number of hydrogen-bond acceptors (Lipinski definition) is 0. The Morgan fingerprint density at radius 3 is 0.559 bits per heavy atom. The molecule has 0 fully saturated rings. The van der Waals surface area contributed by atoms with E-state index in [-0.39, 0.29) is 43.3 Å². The van der Waals surface area contributed by atoms with Gasteiger partial charge in [0.15, 0.2) is 0 Å². The van der Waals surface area contributed by atoms with Crippen molar-refractivity contribution >= 4 is 43.1 Å². The van der Waals surface area contributed by atoms with E-state index < -0.39 is 0 Å². The van der Waals surface area contributed by atoms with Crippen LogP contribution in [0.5, 0.6) is 0 Å². The van der Waals surface area contributed by atoms with Crippen molar-refractivity contribution < 1.29 is 0 Å². The van der Waals surface area contributed by atoms with Gasteiger partial charge in [-0.2, -0.15) is 0 Å². The van der Waals surface area contributed by atoms with E-state index in [1.54, 1.807) is 0 Å². The fourth-order valence-corrected chi connectivity index (χ4v) is 16.8. The third kappa shape index (κ3) is 11.3. The maximum atomic E-state index is 2.60. The fourth-order valence-electron chi connectivity index (χ4n) is 16.8. The molecule has 0 amide bonds. The smallest absolute Gasteiger partial charge is 0.000116 e. The zero-order valence-electron chi connectivity index (χ0n) is 65.6. The lowest BCUT2D eigenvalue weighted by atomic mass is 9.74. The van der Waals surface area contributed by atoms with Crippen LogP contribution < -0.4 is 0 Å². The molecule has 0 heteroatoms. The number of hydrogen-bond donors (Lipinski definition) is 0. The molecule has 0 atom stereocenters. The van der Waals surface area contributed by atoms with Crippen molar-refractivity contribution in [2.75, 3.05) is 0 Å². The molecule has 0 aromatic heterocycles. The highest BCUT2D eigenvalue weighted by Gasteiger charge is 2.34. The van der Waals surface area contributed by atoms with Gasteiger partial charge < -0.3 is 0 Å². The highest BCUT2D eigenvalue weighted by molar-refractivity contribution is 6.28. The van der Waals surface area contributed by atoms with Crippen molar-refractivity contribution in [3.63, 3.8) is 0 Å². The predicted octanol–water partition coefficient (Wildman–Crippen LogP) is 28.5. The molecule has 15 rings (SSSR count). The molecule has 0 heterocycles. The van der Waals surface area contributed by atoms with Gasteiger partial charge in [0.1, 0.15) is 0 Å². The lowest BCUT2D eigenvalue weighted by molar-refractivity contribution is 0.568. The third-order valence-corrected chi connectivity index (χ3v) is 22.9. The lowest BCUT2D eigenvalue weighted by Crippen LogP contribution is -2.17. The van der Waals surface area contributed by atoms with Crippen molar-refractivity contribution in [1.29, 1.82) is 0 Å². The molecule has 0 saturated carbocycles. The fraction of sp³-hybridized carbons (Fsp3) is 0.314. The highest BCUT2D eigenvalue weighted by atomic mass is 14.4. The standard InChI is InChI=1S/C102H106/c1-95(2,3)65-47-61(48-66(55-65)96(4,5)6)83-75-41-33-34-42-76(75)84(62-49-67(97(7,8)9)56-68(50-62)98(10,11)12)90-78-44-46-80-88-79(45-43-77(87(78)88)89(83)90)91-85(63-51-69(99(13,14)15)57-70(52-63)100(16,17)18)93-81(59-35-27-25-28-36-59)73-39-31-32-40-74(73)82(60-37-29-26-30-38-60)94(93)86(92(80)91)64-53-71(101(19,20)21)58-72(54-64)102(22,23)24/h25-58H,1-24H3. The van der Waals surface area contributed by atoms with Gasteiger partial charge >= 0.3 is 0 Å². The molecule has 102 heavy (non-hydrogen) atoms. The van der Waals surface area contributed by atoms with Crippen LogP contribution in [0.15, 0.2) is 206 Å². The van der Waals surface area contributed by atoms with Gasteiger partial charge in [-0.1, -0.05) is 372 Å². The van der Waals surface area contributed by atoms with Crippen LogP contribution in [0.4, 0.5) is 0 Å². The van der Waals surface area contributed by atoms with Crippen LogP contribution in [0.3, 0.4) is 0 Å². The average molecular weight is 1330 g/mol. The molecule has 0 radical (unpaired) electrons. The van der Waals surface area contributed by atoms with Crippen LogP contribution in [0.1, 0.15) is 211 Å². The largest absolute Gasteiger partial charge is 0.0622 e. The van der Waals surface area contributed by atoms with Gasteiger partial charge in [0, 0.05) is 0 Å². The van der Waals surface area contributed by atoms with E-state index in [2.05, 4.69) is 372 Å². The minimum Gasteiger partial charge on any atom is -0.0622 e. The molecule has 13 aromatic rings. The maximum Gasteiger partial charge on any atom is -0.000116 e. The number of fused-ring (bicyclic) bond motifs is 5. The molecule has 514 valence electrons. The first-order valence-electron chi connectivity index (χ1n) is 37.7. The van der Waals surface area contributed by atoms with E-state index in [0.29, 0.717) is 0 Å². The first kappa shape index (κ1) is 68.7. The Morgan fingerprint density at radius 1 is 0.157 bits per heavy atom. The van der Waals surface area contributed by atoms with Gasteiger partial charge in [0.25, 0.3) is 0 Å². The van der Waals surface area contributed by atoms with E-state index in [4.69, 9.17) is 0 Å². The van der Waals surface area contributed by atoms with Crippen LogP contribution in [0, 0.1) is 41.7 Å².